The summed E-state index contributed by atoms with van der Waals surface area (Å²) in [5, 5.41) is 6.19. The second-order valence-corrected chi connectivity index (χ2v) is 19.3. The Hall–Kier alpha value is -4.84. The highest BCUT2D eigenvalue weighted by atomic mass is 19.1. The van der Waals surface area contributed by atoms with Crippen molar-refractivity contribution in [1.29, 1.82) is 0 Å². The maximum absolute atomic E-state index is 15.7. The molecule has 8 rings (SSSR count). The minimum atomic E-state index is -0.684. The number of carbonyl (C=O) groups is 3. The van der Waals surface area contributed by atoms with Crippen molar-refractivity contribution in [1.82, 2.24) is 29.7 Å². The van der Waals surface area contributed by atoms with E-state index in [0.29, 0.717) is 66.0 Å². The summed E-state index contributed by atoms with van der Waals surface area (Å²) in [4.78, 5) is 57.0. The van der Waals surface area contributed by atoms with Gasteiger partial charge in [0.25, 0.3) is 5.91 Å². The normalized spacial score (nSPS) is 22.0. The van der Waals surface area contributed by atoms with Gasteiger partial charge in [-0.25, -0.2) is 14.4 Å². The van der Waals surface area contributed by atoms with Gasteiger partial charge in [0, 0.05) is 67.5 Å². The predicted octanol–water partition coefficient (Wildman–Crippen LogP) is 8.52. The van der Waals surface area contributed by atoms with Crippen molar-refractivity contribution in [3.63, 3.8) is 0 Å². The van der Waals surface area contributed by atoms with E-state index in [1.54, 1.807) is 26.2 Å². The fraction of sp³-hybridized carbons (Fsp3) is 0.553. The zero-order chi connectivity index (χ0) is 42.1. The van der Waals surface area contributed by atoms with Gasteiger partial charge in [0.15, 0.2) is 5.82 Å². The Balaban J connectivity index is 1.17. The molecule has 4 aromatic rings. The number of imidazole rings is 1. The first-order valence-electron chi connectivity index (χ1n) is 21.7. The summed E-state index contributed by atoms with van der Waals surface area (Å²) >= 11 is 0. The van der Waals surface area contributed by atoms with Crippen LogP contribution in [-0.4, -0.2) is 86.4 Å². The molecule has 3 amide bonds. The Bertz CT molecular complexity index is 2300. The summed E-state index contributed by atoms with van der Waals surface area (Å²) in [5.74, 6) is 0.498. The Morgan fingerprint density at radius 1 is 0.983 bits per heavy atom. The van der Waals surface area contributed by atoms with Crippen LogP contribution in [0.1, 0.15) is 121 Å². The van der Waals surface area contributed by atoms with Crippen LogP contribution in [0.15, 0.2) is 42.7 Å². The molecule has 11 nitrogen and oxygen atoms in total. The largest absolute Gasteiger partial charge is 0.350 e. The number of hydrogen-bond acceptors (Lipinski definition) is 7. The predicted molar refractivity (Wildman–Crippen MR) is 232 cm³/mol. The smallest absolute Gasteiger partial charge is 0.251 e. The molecule has 12 heteroatoms. The molecular formula is C47H61FN8O3. The molecule has 2 aromatic heterocycles. The van der Waals surface area contributed by atoms with Gasteiger partial charge in [-0.15, -0.1) is 0 Å². The van der Waals surface area contributed by atoms with Crippen LogP contribution < -0.4 is 15.5 Å². The van der Waals surface area contributed by atoms with Gasteiger partial charge >= 0.3 is 0 Å². The van der Waals surface area contributed by atoms with E-state index in [1.165, 1.54) is 18.9 Å². The molecule has 2 aromatic carbocycles. The number of rotatable bonds is 8. The van der Waals surface area contributed by atoms with E-state index >= 15 is 4.39 Å². The molecule has 2 N–H and O–H groups in total. The number of carbonyl (C=O) groups excluding carboxylic acids is 3. The minimum absolute atomic E-state index is 0.0426. The van der Waals surface area contributed by atoms with E-state index in [0.717, 1.165) is 48.3 Å². The molecule has 0 bridgehead atoms. The van der Waals surface area contributed by atoms with Gasteiger partial charge in [-0.1, -0.05) is 32.9 Å². The number of hydrogen-bond donors (Lipinski definition) is 2. The number of aromatic nitrogens is 3. The lowest BCUT2D eigenvalue weighted by Crippen LogP contribution is -2.59. The number of benzene rings is 2. The molecule has 314 valence electrons. The van der Waals surface area contributed by atoms with Gasteiger partial charge < -0.3 is 25.0 Å². The molecule has 5 heterocycles. The average Bonchev–Trinajstić information content (AvgIpc) is 3.69. The Morgan fingerprint density at radius 2 is 1.71 bits per heavy atom. The van der Waals surface area contributed by atoms with Gasteiger partial charge in [-0.2, -0.15) is 0 Å². The molecular weight excluding hydrogens is 744 g/mol. The van der Waals surface area contributed by atoms with Crippen molar-refractivity contribution in [2.75, 3.05) is 36.4 Å². The SMILES string of the molecule is CC(=O)N1CCC2(CC1)C(=O)N(C1CC(N3CCCC(C(C)(C)C)C3)C1)c1cc(-c3cc4ncn(C(C)C)c4c(Nc4cc(C(=O)NC(C)C)c(C)cc4F)n3)ccc12. The molecule has 4 aliphatic rings. The maximum Gasteiger partial charge on any atom is 0.251 e. The first-order valence-corrected chi connectivity index (χ1v) is 21.7. The number of likely N-dealkylation sites (tertiary alicyclic amines) is 2. The number of fused-ring (bicyclic) bond motifs is 3. The quantitative estimate of drug-likeness (QED) is 0.184. The maximum atomic E-state index is 15.7. The van der Waals surface area contributed by atoms with Crippen LogP contribution in [-0.2, 0) is 15.0 Å². The summed E-state index contributed by atoms with van der Waals surface area (Å²) in [6, 6.07) is 11.6. The number of pyridine rings is 1. The highest BCUT2D eigenvalue weighted by molar-refractivity contribution is 6.09. The van der Waals surface area contributed by atoms with Crippen molar-refractivity contribution in [2.24, 2.45) is 11.3 Å². The first kappa shape index (κ1) is 40.9. The van der Waals surface area contributed by atoms with Gasteiger partial charge in [-0.3, -0.25) is 19.3 Å². The van der Waals surface area contributed by atoms with Crippen LogP contribution in [0.2, 0.25) is 0 Å². The van der Waals surface area contributed by atoms with Gasteiger partial charge in [-0.05, 0) is 126 Å². The van der Waals surface area contributed by atoms with Crippen LogP contribution in [0.5, 0.6) is 0 Å². The Morgan fingerprint density at radius 3 is 2.37 bits per heavy atom. The summed E-state index contributed by atoms with van der Waals surface area (Å²) in [7, 11) is 0. The lowest BCUT2D eigenvalue weighted by Gasteiger charge is -2.50. The van der Waals surface area contributed by atoms with E-state index in [1.807, 2.05) is 35.4 Å². The van der Waals surface area contributed by atoms with Crippen molar-refractivity contribution < 1.29 is 18.8 Å². The number of aryl methyl sites for hydroxylation is 1. The average molecular weight is 805 g/mol. The van der Waals surface area contributed by atoms with Gasteiger partial charge in [0.1, 0.15) is 11.3 Å². The molecule has 3 aliphatic heterocycles. The fourth-order valence-corrected chi connectivity index (χ4v) is 10.1. The van der Waals surface area contributed by atoms with E-state index in [2.05, 4.69) is 67.2 Å². The molecule has 1 aliphatic carbocycles. The number of nitrogens with one attached hydrogen (secondary N) is 2. The van der Waals surface area contributed by atoms with Gasteiger partial charge in [0.05, 0.1) is 28.6 Å². The van der Waals surface area contributed by atoms with Crippen LogP contribution >= 0.6 is 0 Å². The summed E-state index contributed by atoms with van der Waals surface area (Å²) < 4.78 is 17.8. The third-order valence-electron chi connectivity index (χ3n) is 13.7. The number of halogens is 1. The van der Waals surface area contributed by atoms with Crippen LogP contribution in [0.3, 0.4) is 0 Å². The summed E-state index contributed by atoms with van der Waals surface area (Å²) in [6.07, 6.45) is 7.31. The minimum Gasteiger partial charge on any atom is -0.350 e. The third kappa shape index (κ3) is 7.40. The van der Waals surface area contributed by atoms with Crippen molar-refractivity contribution in [2.45, 2.75) is 130 Å². The van der Waals surface area contributed by atoms with Gasteiger partial charge in [0.2, 0.25) is 11.8 Å². The number of nitrogens with zero attached hydrogens (tertiary/aromatic N) is 6. The second kappa shape index (κ2) is 15.3. The molecule has 1 atom stereocenters. The van der Waals surface area contributed by atoms with Crippen LogP contribution in [0, 0.1) is 24.1 Å². The summed E-state index contributed by atoms with van der Waals surface area (Å²) in [6.45, 7) is 21.6. The molecule has 2 saturated heterocycles. The highest BCUT2D eigenvalue weighted by Gasteiger charge is 2.56. The molecule has 1 saturated carbocycles. The van der Waals surface area contributed by atoms with E-state index < -0.39 is 11.2 Å². The molecule has 1 spiro atoms. The topological polar surface area (TPSA) is 116 Å². The standard InChI is InChI=1S/C47H61FN8O3/c1-27(2)50-44(58)35-23-39(37(48)19-29(35)5)52-43-42-40(49-26-55(42)28(3)4)24-38(51-43)31-12-13-36-41(20-31)56(45(59)47(36)14-17-53(18-15-47)30(6)57)34-21-33(22-34)54-16-10-11-32(25-54)46(7,8)9/h12-13,19-20,23-24,26-28,32-34H,10-11,14-18,21-22,25H2,1-9H3,(H,50,58)(H,51,52). The monoisotopic (exact) mass is 804 g/mol. The third-order valence-corrected chi connectivity index (χ3v) is 13.7. The van der Waals surface area contributed by atoms with Crippen molar-refractivity contribution in [3.05, 3.63) is 65.2 Å². The van der Waals surface area contributed by atoms with E-state index in [-0.39, 0.29) is 46.9 Å². The zero-order valence-electron chi connectivity index (χ0n) is 36.3. The van der Waals surface area contributed by atoms with Crippen LogP contribution in [0.25, 0.3) is 22.3 Å². The lowest BCUT2D eigenvalue weighted by atomic mass is 9.73. The fourth-order valence-electron chi connectivity index (χ4n) is 10.1. The number of anilines is 3. The second-order valence-electron chi connectivity index (χ2n) is 19.3. The van der Waals surface area contributed by atoms with E-state index in [9.17, 15) is 14.4 Å². The summed E-state index contributed by atoms with van der Waals surface area (Å²) in [5.41, 5.74) is 5.46. The number of piperidine rings is 2. The molecule has 59 heavy (non-hydrogen) atoms. The Labute approximate surface area is 348 Å². The van der Waals surface area contributed by atoms with Crippen molar-refractivity contribution >= 4 is 45.9 Å². The zero-order valence-corrected chi connectivity index (χ0v) is 36.3. The molecule has 1 unspecified atom stereocenters. The Kier molecular flexibility index (Phi) is 10.6. The van der Waals surface area contributed by atoms with Crippen molar-refractivity contribution in [3.8, 4) is 11.3 Å². The molecule has 0 radical (unpaired) electrons. The lowest BCUT2D eigenvalue weighted by molar-refractivity contribution is -0.134. The highest BCUT2D eigenvalue weighted by Crippen LogP contribution is 2.52. The number of amides is 3. The molecule has 3 fully saturated rings. The van der Waals surface area contributed by atoms with Crippen LogP contribution in [0.4, 0.5) is 21.6 Å². The van der Waals surface area contributed by atoms with E-state index in [4.69, 9.17) is 9.97 Å². The first-order chi connectivity index (χ1) is 27.9.